The topological polar surface area (TPSA) is 164 Å². The molecule has 2 rings (SSSR count). The molecule has 2 fully saturated rings. The fourth-order valence-electron chi connectivity index (χ4n) is 4.47. The Morgan fingerprint density at radius 3 is 1.95 bits per heavy atom. The predicted molar refractivity (Wildman–Crippen MR) is 146 cm³/mol. The van der Waals surface area contributed by atoms with Crippen LogP contribution in [0.15, 0.2) is 34.9 Å². The van der Waals surface area contributed by atoms with Gasteiger partial charge in [-0.3, -0.25) is 4.79 Å². The van der Waals surface area contributed by atoms with Crippen LogP contribution in [0.2, 0.25) is 0 Å². The Morgan fingerprint density at radius 1 is 0.725 bits per heavy atom. The Balaban J connectivity index is 1.87. The Labute approximate surface area is 237 Å². The van der Waals surface area contributed by atoms with Crippen LogP contribution in [0.1, 0.15) is 67.2 Å². The van der Waals surface area contributed by atoms with Crippen LogP contribution < -0.4 is 0 Å². The molecule has 2 heterocycles. The van der Waals surface area contributed by atoms with E-state index in [4.69, 9.17) is 23.7 Å². The standard InChI is InChI=1S/C29H48O11/c1-16(2)9-7-10-17(3)11-8-12-18(4)13-14-36-28-25(34)24(33)23(32)21(40-28)15-37-29-26(35)27(39-20(6)30)22(31)19(5)38-29/h9,11,13,19,21-29,31-35H,7-8,10,12,14-15H2,1-6H3/b17-11+,18-13+/t19-,21+,22-,23+,24-,25+,26+,27+,28+,29+/m0/s1. The molecule has 0 radical (unpaired) electrons. The lowest BCUT2D eigenvalue weighted by atomic mass is 9.98. The van der Waals surface area contributed by atoms with E-state index in [1.165, 1.54) is 18.1 Å². The molecule has 10 atom stereocenters. The fourth-order valence-corrected chi connectivity index (χ4v) is 4.47. The summed E-state index contributed by atoms with van der Waals surface area (Å²) in [7, 11) is 0. The smallest absolute Gasteiger partial charge is 0.303 e. The lowest BCUT2D eigenvalue weighted by Crippen LogP contribution is -2.61. The molecule has 0 saturated carbocycles. The van der Waals surface area contributed by atoms with Crippen molar-refractivity contribution in [2.24, 2.45) is 0 Å². The van der Waals surface area contributed by atoms with E-state index in [1.54, 1.807) is 0 Å². The van der Waals surface area contributed by atoms with E-state index in [2.05, 4.69) is 32.9 Å². The van der Waals surface area contributed by atoms with Gasteiger partial charge < -0.3 is 49.2 Å². The lowest BCUT2D eigenvalue weighted by Gasteiger charge is -2.43. The van der Waals surface area contributed by atoms with E-state index in [0.29, 0.717) is 0 Å². The Hall–Kier alpha value is -1.67. The SMILES string of the molecule is CC(=O)O[C@@H]1[C@@H](O)[C@H](C)O[C@@H](OC[C@H]2O[C@@H](OC/C=C(\C)CC/C=C(\C)CCC=C(C)C)[C@H](O)[C@@H](O)[C@@H]2O)[C@@H]1O. The quantitative estimate of drug-likeness (QED) is 0.161. The molecule has 0 aliphatic carbocycles. The molecule has 0 aromatic carbocycles. The van der Waals surface area contributed by atoms with E-state index in [-0.39, 0.29) is 13.2 Å². The predicted octanol–water partition coefficient (Wildman–Crippen LogP) is 1.64. The van der Waals surface area contributed by atoms with Crippen LogP contribution in [0, 0.1) is 0 Å². The number of rotatable bonds is 13. The molecule has 0 aromatic heterocycles. The first-order valence-electron chi connectivity index (χ1n) is 13.9. The molecule has 2 aliphatic heterocycles. The van der Waals surface area contributed by atoms with Crippen molar-refractivity contribution >= 4 is 5.97 Å². The van der Waals surface area contributed by atoms with E-state index in [0.717, 1.165) is 38.2 Å². The van der Waals surface area contributed by atoms with E-state index >= 15 is 0 Å². The summed E-state index contributed by atoms with van der Waals surface area (Å²) >= 11 is 0. The molecule has 0 amide bonds. The van der Waals surface area contributed by atoms with Gasteiger partial charge in [-0.2, -0.15) is 0 Å². The number of esters is 1. The Morgan fingerprint density at radius 2 is 1.32 bits per heavy atom. The molecule has 0 aromatic rings. The van der Waals surface area contributed by atoms with Crippen molar-refractivity contribution in [1.29, 1.82) is 0 Å². The molecule has 11 heteroatoms. The highest BCUT2D eigenvalue weighted by atomic mass is 16.7. The van der Waals surface area contributed by atoms with Gasteiger partial charge in [-0.1, -0.05) is 34.9 Å². The molecule has 2 aliphatic rings. The number of allylic oxidation sites excluding steroid dienone is 5. The van der Waals surface area contributed by atoms with Crippen LogP contribution >= 0.6 is 0 Å². The molecule has 5 N–H and O–H groups in total. The molecule has 230 valence electrons. The van der Waals surface area contributed by atoms with Crippen molar-refractivity contribution in [1.82, 2.24) is 0 Å². The van der Waals surface area contributed by atoms with Gasteiger partial charge in [0.15, 0.2) is 18.7 Å². The molecule has 0 unspecified atom stereocenters. The zero-order chi connectivity index (χ0) is 30.0. The summed E-state index contributed by atoms with van der Waals surface area (Å²) in [6.45, 7) is 10.8. The van der Waals surface area contributed by atoms with Gasteiger partial charge in [-0.15, -0.1) is 0 Å². The van der Waals surface area contributed by atoms with E-state index in [1.807, 2.05) is 13.0 Å². The Kier molecular flexibility index (Phi) is 14.4. The van der Waals surface area contributed by atoms with E-state index in [9.17, 15) is 30.3 Å². The van der Waals surface area contributed by atoms with E-state index < -0.39 is 67.4 Å². The van der Waals surface area contributed by atoms with Gasteiger partial charge >= 0.3 is 5.97 Å². The van der Waals surface area contributed by atoms with Crippen LogP contribution in [0.5, 0.6) is 0 Å². The summed E-state index contributed by atoms with van der Waals surface area (Å²) in [5.41, 5.74) is 3.77. The number of aliphatic hydroxyl groups is 5. The second kappa shape index (κ2) is 16.7. The third-order valence-electron chi connectivity index (χ3n) is 6.99. The molecule has 0 bridgehead atoms. The average Bonchev–Trinajstić information content (AvgIpc) is 2.88. The fraction of sp³-hybridized carbons (Fsp3) is 0.759. The minimum atomic E-state index is -1.57. The second-order valence-electron chi connectivity index (χ2n) is 10.9. The summed E-state index contributed by atoms with van der Waals surface area (Å²) in [4.78, 5) is 11.4. The monoisotopic (exact) mass is 572 g/mol. The third kappa shape index (κ3) is 10.6. The molecule has 11 nitrogen and oxygen atoms in total. The zero-order valence-electron chi connectivity index (χ0n) is 24.4. The van der Waals surface area contributed by atoms with Gasteiger partial charge in [0.1, 0.15) is 36.6 Å². The number of ether oxygens (including phenoxy) is 5. The molecule has 40 heavy (non-hydrogen) atoms. The van der Waals surface area contributed by atoms with Crippen molar-refractivity contribution in [3.63, 3.8) is 0 Å². The zero-order valence-corrected chi connectivity index (χ0v) is 24.4. The maximum Gasteiger partial charge on any atom is 0.303 e. The number of carbonyl (C=O) groups excluding carboxylic acids is 1. The highest BCUT2D eigenvalue weighted by Gasteiger charge is 2.48. The van der Waals surface area contributed by atoms with Crippen molar-refractivity contribution in [3.05, 3.63) is 34.9 Å². The summed E-state index contributed by atoms with van der Waals surface area (Å²) < 4.78 is 27.4. The van der Waals surface area contributed by atoms with Gasteiger partial charge in [0.05, 0.1) is 19.3 Å². The first-order chi connectivity index (χ1) is 18.8. The van der Waals surface area contributed by atoms with Crippen LogP contribution in [-0.2, 0) is 28.5 Å². The number of hydrogen-bond donors (Lipinski definition) is 5. The minimum absolute atomic E-state index is 0.122. The molecule has 2 saturated heterocycles. The lowest BCUT2D eigenvalue weighted by molar-refractivity contribution is -0.327. The second-order valence-corrected chi connectivity index (χ2v) is 10.9. The average molecular weight is 573 g/mol. The van der Waals surface area contributed by atoms with Crippen LogP contribution in [0.25, 0.3) is 0 Å². The number of hydrogen-bond acceptors (Lipinski definition) is 11. The largest absolute Gasteiger partial charge is 0.457 e. The van der Waals surface area contributed by atoms with Gasteiger partial charge in [0, 0.05) is 6.92 Å². The van der Waals surface area contributed by atoms with Gasteiger partial charge in [-0.25, -0.2) is 0 Å². The number of aliphatic hydroxyl groups excluding tert-OH is 5. The third-order valence-corrected chi connectivity index (χ3v) is 6.99. The first kappa shape index (κ1) is 34.5. The molecular formula is C29H48O11. The summed E-state index contributed by atoms with van der Waals surface area (Å²) in [5, 5.41) is 51.8. The van der Waals surface area contributed by atoms with Crippen LogP contribution in [0.3, 0.4) is 0 Å². The molecular weight excluding hydrogens is 524 g/mol. The normalized spacial score (nSPS) is 35.4. The summed E-state index contributed by atoms with van der Waals surface area (Å²) in [6, 6.07) is 0. The number of carbonyl (C=O) groups is 1. The van der Waals surface area contributed by atoms with Crippen molar-refractivity contribution < 1.29 is 54.0 Å². The van der Waals surface area contributed by atoms with Crippen molar-refractivity contribution in [3.8, 4) is 0 Å². The first-order valence-corrected chi connectivity index (χ1v) is 13.9. The summed E-state index contributed by atoms with van der Waals surface area (Å²) in [5.74, 6) is -0.690. The Bertz CT molecular complexity index is 881. The van der Waals surface area contributed by atoms with Gasteiger partial charge in [0.2, 0.25) is 0 Å². The van der Waals surface area contributed by atoms with Gasteiger partial charge in [0.25, 0.3) is 0 Å². The summed E-state index contributed by atoms with van der Waals surface area (Å²) in [6.07, 6.45) is -2.96. The van der Waals surface area contributed by atoms with Crippen LogP contribution in [-0.4, -0.2) is 106 Å². The highest BCUT2D eigenvalue weighted by Crippen LogP contribution is 2.27. The minimum Gasteiger partial charge on any atom is -0.457 e. The molecule has 0 spiro atoms. The highest BCUT2D eigenvalue weighted by molar-refractivity contribution is 5.66. The van der Waals surface area contributed by atoms with Crippen molar-refractivity contribution in [2.45, 2.75) is 129 Å². The van der Waals surface area contributed by atoms with Crippen LogP contribution in [0.4, 0.5) is 0 Å². The maximum atomic E-state index is 11.4. The van der Waals surface area contributed by atoms with Crippen molar-refractivity contribution in [2.75, 3.05) is 13.2 Å². The maximum absolute atomic E-state index is 11.4. The van der Waals surface area contributed by atoms with Gasteiger partial charge in [-0.05, 0) is 60.3 Å².